The molecule has 1 aromatic carbocycles. The van der Waals surface area contributed by atoms with Gasteiger partial charge < -0.3 is 15.2 Å². The van der Waals surface area contributed by atoms with E-state index >= 15 is 0 Å². The minimum atomic E-state index is -1.05. The van der Waals surface area contributed by atoms with E-state index in [0.29, 0.717) is 11.5 Å². The monoisotopic (exact) mass is 359 g/mol. The quantitative estimate of drug-likeness (QED) is 0.580. The molecule has 0 unspecified atom stereocenters. The number of carbonyl (C=O) groups is 1. The van der Waals surface area contributed by atoms with E-state index in [1.165, 1.54) is 7.05 Å². The molecule has 0 spiro atoms. The maximum Gasteiger partial charge on any atom is 0.412 e. The average Bonchev–Trinajstić information content (AvgIpc) is 3.11. The van der Waals surface area contributed by atoms with Gasteiger partial charge in [-0.2, -0.15) is 0 Å². The molecule has 0 aliphatic rings. The standard InChI is InChI=1S/C20H17N5O2/c1-24(20(26)27)18-8-6-15(10-22-18)13-2-4-14(5-3-13)17-12-25-11-16(21)7-9-19(25)23-17/h2-12H,21H2,1H3,(H,26,27). The third-order valence-electron chi connectivity index (χ3n) is 4.37. The summed E-state index contributed by atoms with van der Waals surface area (Å²) in [6.07, 6.45) is 4.39. The van der Waals surface area contributed by atoms with Gasteiger partial charge in [0, 0.05) is 42.5 Å². The fourth-order valence-corrected chi connectivity index (χ4v) is 2.83. The van der Waals surface area contributed by atoms with Gasteiger partial charge in [0.2, 0.25) is 0 Å². The maximum absolute atomic E-state index is 11.0. The molecule has 0 fully saturated rings. The summed E-state index contributed by atoms with van der Waals surface area (Å²) in [5.41, 5.74) is 11.1. The van der Waals surface area contributed by atoms with Crippen LogP contribution in [-0.2, 0) is 0 Å². The van der Waals surface area contributed by atoms with Gasteiger partial charge in [-0.15, -0.1) is 0 Å². The highest BCUT2D eigenvalue weighted by molar-refractivity contribution is 5.84. The smallest absolute Gasteiger partial charge is 0.412 e. The Kier molecular flexibility index (Phi) is 3.97. The summed E-state index contributed by atoms with van der Waals surface area (Å²) in [7, 11) is 1.46. The molecule has 0 saturated carbocycles. The normalized spacial score (nSPS) is 10.9. The number of amides is 1. The van der Waals surface area contributed by atoms with E-state index < -0.39 is 6.09 Å². The minimum Gasteiger partial charge on any atom is -0.465 e. The summed E-state index contributed by atoms with van der Waals surface area (Å²) >= 11 is 0. The molecule has 0 radical (unpaired) electrons. The second kappa shape index (κ2) is 6.45. The highest BCUT2D eigenvalue weighted by Gasteiger charge is 2.10. The number of nitrogen functional groups attached to an aromatic ring is 1. The number of rotatable bonds is 3. The highest BCUT2D eigenvalue weighted by Crippen LogP contribution is 2.25. The molecular weight excluding hydrogens is 342 g/mol. The Morgan fingerprint density at radius 2 is 1.70 bits per heavy atom. The van der Waals surface area contributed by atoms with Crippen LogP contribution in [0.4, 0.5) is 16.3 Å². The van der Waals surface area contributed by atoms with Crippen molar-refractivity contribution in [2.75, 3.05) is 17.7 Å². The third-order valence-corrected chi connectivity index (χ3v) is 4.37. The first-order valence-corrected chi connectivity index (χ1v) is 8.29. The average molecular weight is 359 g/mol. The van der Waals surface area contributed by atoms with Gasteiger partial charge in [-0.25, -0.2) is 14.8 Å². The number of nitrogens with zero attached hydrogens (tertiary/aromatic N) is 4. The molecule has 7 nitrogen and oxygen atoms in total. The molecule has 1 amide bonds. The number of aromatic nitrogens is 3. The number of hydrogen-bond donors (Lipinski definition) is 2. The van der Waals surface area contributed by atoms with Crippen LogP contribution in [0.2, 0.25) is 0 Å². The molecule has 0 saturated heterocycles. The largest absolute Gasteiger partial charge is 0.465 e. The lowest BCUT2D eigenvalue weighted by Crippen LogP contribution is -2.24. The lowest BCUT2D eigenvalue weighted by Gasteiger charge is -2.12. The van der Waals surface area contributed by atoms with Crippen molar-refractivity contribution in [2.24, 2.45) is 0 Å². The van der Waals surface area contributed by atoms with Crippen LogP contribution in [0.15, 0.2) is 67.1 Å². The number of imidazole rings is 1. The van der Waals surface area contributed by atoms with Gasteiger partial charge >= 0.3 is 6.09 Å². The van der Waals surface area contributed by atoms with E-state index in [1.54, 1.807) is 12.3 Å². The van der Waals surface area contributed by atoms with Gasteiger partial charge in [0.25, 0.3) is 0 Å². The van der Waals surface area contributed by atoms with Crippen LogP contribution in [0.25, 0.3) is 28.0 Å². The maximum atomic E-state index is 11.0. The van der Waals surface area contributed by atoms with E-state index in [4.69, 9.17) is 10.8 Å². The summed E-state index contributed by atoms with van der Waals surface area (Å²) in [6.45, 7) is 0. The summed E-state index contributed by atoms with van der Waals surface area (Å²) < 4.78 is 1.90. The zero-order valence-electron chi connectivity index (χ0n) is 14.6. The van der Waals surface area contributed by atoms with Crippen molar-refractivity contribution in [1.82, 2.24) is 14.4 Å². The predicted octanol–water partition coefficient (Wildman–Crippen LogP) is 3.76. The molecule has 0 aliphatic carbocycles. The van der Waals surface area contributed by atoms with Crippen LogP contribution >= 0.6 is 0 Å². The fraction of sp³-hybridized carbons (Fsp3) is 0.0500. The lowest BCUT2D eigenvalue weighted by atomic mass is 10.0. The summed E-state index contributed by atoms with van der Waals surface area (Å²) in [6, 6.07) is 15.2. The Bertz CT molecular complexity index is 1120. The topological polar surface area (TPSA) is 96.8 Å². The van der Waals surface area contributed by atoms with Gasteiger partial charge in [-0.1, -0.05) is 24.3 Å². The Morgan fingerprint density at radius 1 is 1.00 bits per heavy atom. The molecular formula is C20H17N5O2. The summed E-state index contributed by atoms with van der Waals surface area (Å²) in [5, 5.41) is 9.00. The third kappa shape index (κ3) is 3.18. The first-order chi connectivity index (χ1) is 13.0. The number of hydrogen-bond acceptors (Lipinski definition) is 4. The fourth-order valence-electron chi connectivity index (χ4n) is 2.83. The predicted molar refractivity (Wildman–Crippen MR) is 105 cm³/mol. The van der Waals surface area contributed by atoms with E-state index in [9.17, 15) is 4.79 Å². The van der Waals surface area contributed by atoms with E-state index in [1.807, 2.05) is 59.3 Å². The number of pyridine rings is 2. The van der Waals surface area contributed by atoms with Crippen molar-refractivity contribution >= 4 is 23.2 Å². The molecule has 3 N–H and O–H groups in total. The second-order valence-corrected chi connectivity index (χ2v) is 6.18. The molecule has 4 aromatic rings. The molecule has 3 aromatic heterocycles. The highest BCUT2D eigenvalue weighted by atomic mass is 16.4. The van der Waals surface area contributed by atoms with Gasteiger partial charge in [-0.05, 0) is 29.8 Å². The van der Waals surface area contributed by atoms with Crippen molar-refractivity contribution < 1.29 is 9.90 Å². The van der Waals surface area contributed by atoms with E-state index in [0.717, 1.165) is 32.9 Å². The van der Waals surface area contributed by atoms with Crippen LogP contribution in [0.5, 0.6) is 0 Å². The Morgan fingerprint density at radius 3 is 2.37 bits per heavy atom. The number of anilines is 2. The van der Waals surface area contributed by atoms with Gasteiger partial charge in [-0.3, -0.25) is 4.90 Å². The van der Waals surface area contributed by atoms with Crippen molar-refractivity contribution in [3.8, 4) is 22.4 Å². The summed E-state index contributed by atoms with van der Waals surface area (Å²) in [4.78, 5) is 20.9. The Balaban J connectivity index is 1.60. The van der Waals surface area contributed by atoms with Crippen LogP contribution in [-0.4, -0.2) is 32.6 Å². The van der Waals surface area contributed by atoms with E-state index in [2.05, 4.69) is 9.97 Å². The van der Waals surface area contributed by atoms with Gasteiger partial charge in [0.05, 0.1) is 5.69 Å². The SMILES string of the molecule is CN(C(=O)O)c1ccc(-c2ccc(-c3cn4cc(N)ccc4n3)cc2)cn1. The van der Waals surface area contributed by atoms with Crippen LogP contribution in [0, 0.1) is 0 Å². The summed E-state index contributed by atoms with van der Waals surface area (Å²) in [5.74, 6) is 0.381. The molecule has 134 valence electrons. The number of carboxylic acid groups (broad SMARTS) is 1. The first kappa shape index (κ1) is 16.6. The molecule has 0 atom stereocenters. The molecule has 0 aliphatic heterocycles. The second-order valence-electron chi connectivity index (χ2n) is 6.18. The molecule has 27 heavy (non-hydrogen) atoms. The Hall–Kier alpha value is -3.87. The molecule has 0 bridgehead atoms. The molecule has 7 heteroatoms. The number of nitrogens with two attached hydrogens (primary N) is 1. The van der Waals surface area contributed by atoms with Crippen LogP contribution in [0.3, 0.4) is 0 Å². The van der Waals surface area contributed by atoms with Gasteiger partial charge in [0.15, 0.2) is 0 Å². The lowest BCUT2D eigenvalue weighted by molar-refractivity contribution is 0.203. The minimum absolute atomic E-state index is 0.381. The molecule has 4 rings (SSSR count). The van der Waals surface area contributed by atoms with Gasteiger partial charge in [0.1, 0.15) is 11.5 Å². The van der Waals surface area contributed by atoms with Crippen LogP contribution < -0.4 is 10.6 Å². The zero-order valence-corrected chi connectivity index (χ0v) is 14.6. The Labute approximate surface area is 155 Å². The van der Waals surface area contributed by atoms with Crippen molar-refractivity contribution in [3.63, 3.8) is 0 Å². The van der Waals surface area contributed by atoms with Crippen molar-refractivity contribution in [3.05, 3.63) is 67.1 Å². The number of fused-ring (bicyclic) bond motifs is 1. The first-order valence-electron chi connectivity index (χ1n) is 8.29. The van der Waals surface area contributed by atoms with Crippen LogP contribution in [0.1, 0.15) is 0 Å². The molecule has 3 heterocycles. The number of benzene rings is 1. The van der Waals surface area contributed by atoms with E-state index in [-0.39, 0.29) is 0 Å². The zero-order chi connectivity index (χ0) is 19.0. The van der Waals surface area contributed by atoms with Crippen molar-refractivity contribution in [2.45, 2.75) is 0 Å². The van der Waals surface area contributed by atoms with Crippen molar-refractivity contribution in [1.29, 1.82) is 0 Å².